The van der Waals surface area contributed by atoms with E-state index in [2.05, 4.69) is 5.32 Å². The summed E-state index contributed by atoms with van der Waals surface area (Å²) < 4.78 is 18.1. The van der Waals surface area contributed by atoms with E-state index in [0.717, 1.165) is 42.6 Å². The van der Waals surface area contributed by atoms with Gasteiger partial charge in [-0.1, -0.05) is 12.1 Å². The SMILES string of the molecule is O=C(COC(=O)CC12CC3CC(CC(C3)C1)C2)NCc1ccc(F)cc1. The van der Waals surface area contributed by atoms with Gasteiger partial charge in [0.15, 0.2) is 6.61 Å². The number of nitrogens with one attached hydrogen (secondary N) is 1. The highest BCUT2D eigenvalue weighted by molar-refractivity contribution is 5.80. The Hall–Kier alpha value is -1.91. The first kappa shape index (κ1) is 17.5. The molecule has 4 bridgehead atoms. The zero-order valence-corrected chi connectivity index (χ0v) is 15.0. The number of esters is 1. The van der Waals surface area contributed by atoms with Gasteiger partial charge >= 0.3 is 5.97 Å². The third-order valence-corrected chi connectivity index (χ3v) is 6.45. The fraction of sp³-hybridized carbons (Fsp3) is 0.619. The van der Waals surface area contributed by atoms with Crippen LogP contribution in [0.2, 0.25) is 0 Å². The molecule has 0 heterocycles. The number of carbonyl (C=O) groups excluding carboxylic acids is 2. The highest BCUT2D eigenvalue weighted by Gasteiger charge is 2.51. The Morgan fingerprint density at radius 3 is 2.19 bits per heavy atom. The van der Waals surface area contributed by atoms with Gasteiger partial charge in [0.25, 0.3) is 5.91 Å². The molecular weight excluding hydrogens is 333 g/mol. The van der Waals surface area contributed by atoms with Crippen LogP contribution in [0.1, 0.15) is 50.5 Å². The van der Waals surface area contributed by atoms with E-state index in [1.807, 2.05) is 0 Å². The van der Waals surface area contributed by atoms with E-state index in [0.29, 0.717) is 13.0 Å². The Morgan fingerprint density at radius 2 is 1.62 bits per heavy atom. The van der Waals surface area contributed by atoms with Gasteiger partial charge in [-0.25, -0.2) is 4.39 Å². The van der Waals surface area contributed by atoms with Crippen LogP contribution in [0, 0.1) is 29.0 Å². The van der Waals surface area contributed by atoms with E-state index in [9.17, 15) is 14.0 Å². The van der Waals surface area contributed by atoms with Gasteiger partial charge in [-0.3, -0.25) is 9.59 Å². The molecule has 4 fully saturated rings. The highest BCUT2D eigenvalue weighted by atomic mass is 19.1. The van der Waals surface area contributed by atoms with Crippen molar-refractivity contribution in [2.24, 2.45) is 23.2 Å². The number of halogens is 1. The predicted octanol–water partition coefficient (Wildman–Crippen LogP) is 3.59. The van der Waals surface area contributed by atoms with E-state index >= 15 is 0 Å². The van der Waals surface area contributed by atoms with Gasteiger partial charge in [-0.2, -0.15) is 0 Å². The van der Waals surface area contributed by atoms with Crippen LogP contribution in [0.3, 0.4) is 0 Å². The summed E-state index contributed by atoms with van der Waals surface area (Å²) in [6.07, 6.45) is 7.97. The van der Waals surface area contributed by atoms with Crippen molar-refractivity contribution in [1.82, 2.24) is 5.32 Å². The third-order valence-electron chi connectivity index (χ3n) is 6.45. The number of rotatable bonds is 6. The quantitative estimate of drug-likeness (QED) is 0.790. The molecule has 4 nitrogen and oxygen atoms in total. The van der Waals surface area contributed by atoms with Gasteiger partial charge in [0.1, 0.15) is 5.82 Å². The molecule has 0 spiro atoms. The number of amides is 1. The fourth-order valence-corrected chi connectivity index (χ4v) is 5.86. The van der Waals surface area contributed by atoms with Crippen molar-refractivity contribution < 1.29 is 18.7 Å². The Morgan fingerprint density at radius 1 is 1.04 bits per heavy atom. The van der Waals surface area contributed by atoms with Gasteiger partial charge in [0.05, 0.1) is 6.42 Å². The van der Waals surface area contributed by atoms with Gasteiger partial charge in [0.2, 0.25) is 0 Å². The summed E-state index contributed by atoms with van der Waals surface area (Å²) in [4.78, 5) is 24.2. The van der Waals surface area contributed by atoms with Crippen LogP contribution in [0.25, 0.3) is 0 Å². The molecule has 4 aliphatic carbocycles. The molecule has 0 radical (unpaired) electrons. The summed E-state index contributed by atoms with van der Waals surface area (Å²) in [6.45, 7) is 0.0536. The van der Waals surface area contributed by atoms with Crippen LogP contribution in [0.5, 0.6) is 0 Å². The van der Waals surface area contributed by atoms with Crippen molar-refractivity contribution in [2.45, 2.75) is 51.5 Å². The lowest BCUT2D eigenvalue weighted by Crippen LogP contribution is -2.47. The lowest BCUT2D eigenvalue weighted by molar-refractivity contribution is -0.155. The molecule has 140 valence electrons. The number of hydrogen-bond acceptors (Lipinski definition) is 3. The van der Waals surface area contributed by atoms with Gasteiger partial charge in [0, 0.05) is 6.54 Å². The zero-order valence-electron chi connectivity index (χ0n) is 15.0. The summed E-state index contributed by atoms with van der Waals surface area (Å²) in [5, 5.41) is 2.69. The minimum Gasteiger partial charge on any atom is -0.456 e. The Balaban J connectivity index is 1.21. The molecule has 1 aromatic carbocycles. The van der Waals surface area contributed by atoms with E-state index in [1.165, 1.54) is 31.4 Å². The first-order valence-corrected chi connectivity index (χ1v) is 9.66. The summed E-state index contributed by atoms with van der Waals surface area (Å²) in [6, 6.07) is 5.95. The number of benzene rings is 1. The second-order valence-corrected chi connectivity index (χ2v) is 8.66. The van der Waals surface area contributed by atoms with Crippen LogP contribution in [-0.4, -0.2) is 18.5 Å². The topological polar surface area (TPSA) is 55.4 Å². The van der Waals surface area contributed by atoms with Crippen molar-refractivity contribution in [2.75, 3.05) is 6.61 Å². The number of ether oxygens (including phenoxy) is 1. The maximum atomic E-state index is 12.9. The predicted molar refractivity (Wildman–Crippen MR) is 94.4 cm³/mol. The molecule has 0 aliphatic heterocycles. The first-order valence-electron chi connectivity index (χ1n) is 9.66. The van der Waals surface area contributed by atoms with Crippen LogP contribution in [-0.2, 0) is 20.9 Å². The van der Waals surface area contributed by atoms with Crippen LogP contribution >= 0.6 is 0 Å². The maximum Gasteiger partial charge on any atom is 0.306 e. The monoisotopic (exact) mass is 359 g/mol. The second-order valence-electron chi connectivity index (χ2n) is 8.66. The molecule has 4 aliphatic rings. The largest absolute Gasteiger partial charge is 0.456 e. The summed E-state index contributed by atoms with van der Waals surface area (Å²) >= 11 is 0. The molecule has 1 N–H and O–H groups in total. The summed E-state index contributed by atoms with van der Waals surface area (Å²) in [5.74, 6) is 1.52. The molecule has 0 atom stereocenters. The van der Waals surface area contributed by atoms with Gasteiger partial charge in [-0.15, -0.1) is 0 Å². The molecule has 4 saturated carbocycles. The van der Waals surface area contributed by atoms with Crippen molar-refractivity contribution in [3.8, 4) is 0 Å². The van der Waals surface area contributed by atoms with Gasteiger partial charge < -0.3 is 10.1 Å². The van der Waals surface area contributed by atoms with Crippen LogP contribution < -0.4 is 5.32 Å². The molecule has 0 unspecified atom stereocenters. The Bertz CT molecular complexity index is 650. The molecular formula is C21H26FNO3. The second kappa shape index (κ2) is 7.01. The van der Waals surface area contributed by atoms with Crippen LogP contribution in [0.4, 0.5) is 4.39 Å². The minimum absolute atomic E-state index is 0.135. The molecule has 0 aromatic heterocycles. The molecule has 1 aromatic rings. The normalized spacial score (nSPS) is 31.7. The smallest absolute Gasteiger partial charge is 0.306 e. The summed E-state index contributed by atoms with van der Waals surface area (Å²) in [5.41, 5.74) is 0.941. The van der Waals surface area contributed by atoms with E-state index in [4.69, 9.17) is 4.74 Å². The van der Waals surface area contributed by atoms with Crippen molar-refractivity contribution in [1.29, 1.82) is 0 Å². The molecule has 0 saturated heterocycles. The third kappa shape index (κ3) is 3.92. The van der Waals surface area contributed by atoms with E-state index < -0.39 is 0 Å². The maximum absolute atomic E-state index is 12.9. The van der Waals surface area contributed by atoms with Crippen molar-refractivity contribution in [3.63, 3.8) is 0 Å². The summed E-state index contributed by atoms with van der Waals surface area (Å²) in [7, 11) is 0. The minimum atomic E-state index is -0.326. The average Bonchev–Trinajstić information content (AvgIpc) is 2.58. The Kier molecular flexibility index (Phi) is 4.72. The van der Waals surface area contributed by atoms with E-state index in [1.54, 1.807) is 12.1 Å². The Labute approximate surface area is 153 Å². The molecule has 26 heavy (non-hydrogen) atoms. The van der Waals surface area contributed by atoms with Crippen LogP contribution in [0.15, 0.2) is 24.3 Å². The van der Waals surface area contributed by atoms with Crippen molar-refractivity contribution >= 4 is 11.9 Å². The lowest BCUT2D eigenvalue weighted by Gasteiger charge is -2.56. The standard InChI is InChI=1S/C21H26FNO3/c22-18-3-1-14(2-4-18)12-23-19(24)13-26-20(25)11-21-8-15-5-16(9-21)7-17(6-15)10-21/h1-4,15-17H,5-13H2,(H,23,24). The van der Waals surface area contributed by atoms with E-state index in [-0.39, 0.29) is 29.7 Å². The zero-order chi connectivity index (χ0) is 18.1. The highest BCUT2D eigenvalue weighted by Crippen LogP contribution is 2.61. The fourth-order valence-electron chi connectivity index (χ4n) is 5.86. The van der Waals surface area contributed by atoms with Crippen molar-refractivity contribution in [3.05, 3.63) is 35.6 Å². The molecule has 5 rings (SSSR count). The van der Waals surface area contributed by atoms with Gasteiger partial charge in [-0.05, 0) is 79.4 Å². The molecule has 1 amide bonds. The number of carbonyl (C=O) groups is 2. The first-order chi connectivity index (χ1) is 12.5. The lowest BCUT2D eigenvalue weighted by atomic mass is 9.49. The molecule has 5 heteroatoms. The number of hydrogen-bond donors (Lipinski definition) is 1. The average molecular weight is 359 g/mol.